The summed E-state index contributed by atoms with van der Waals surface area (Å²) in [6.45, 7) is 9.78. The minimum absolute atomic E-state index is 0. The molecule has 0 saturated carbocycles. The van der Waals surface area contributed by atoms with Gasteiger partial charge in [-0.25, -0.2) is 0 Å². The Hall–Kier alpha value is -0.0800. The Balaban J connectivity index is 0.00000242. The highest BCUT2D eigenvalue weighted by atomic mass is 127. The number of nitrogens with one attached hydrogen (secondary N) is 1. The fraction of sp³-hybridized carbons (Fsp3) is 0.938. The van der Waals surface area contributed by atoms with Crippen LogP contribution < -0.4 is 5.32 Å². The molecule has 0 spiro atoms. The molecule has 0 bridgehead atoms. The fourth-order valence-electron chi connectivity index (χ4n) is 3.40. The van der Waals surface area contributed by atoms with Crippen LogP contribution in [0.25, 0.3) is 0 Å². The van der Waals surface area contributed by atoms with Crippen molar-refractivity contribution in [2.45, 2.75) is 26.2 Å². The lowest BCUT2D eigenvalue weighted by atomic mass is 10.0. The van der Waals surface area contributed by atoms with Gasteiger partial charge in [0, 0.05) is 52.8 Å². The summed E-state index contributed by atoms with van der Waals surface area (Å²) in [6, 6.07) is 0. The number of hydrogen-bond acceptors (Lipinski definition) is 3. The molecule has 0 aliphatic carbocycles. The minimum Gasteiger partial charge on any atom is -0.381 e. The molecule has 0 aromatic rings. The van der Waals surface area contributed by atoms with Gasteiger partial charge in [0.15, 0.2) is 5.96 Å². The summed E-state index contributed by atoms with van der Waals surface area (Å²) in [6.07, 6.45) is 3.91. The quantitative estimate of drug-likeness (QED) is 0.416. The standard InChI is InChI=1S/C16H32N4O.HI/c1-14-5-4-8-20(11-14)9-7-18-16(17-2)19(3)12-15-6-10-21-13-15;/h14-15H,4-13H2,1-3H3,(H,17,18);1H. The number of piperidine rings is 1. The number of ether oxygens (including phenoxy) is 1. The van der Waals surface area contributed by atoms with Crippen LogP contribution in [0.1, 0.15) is 26.2 Å². The zero-order chi connectivity index (χ0) is 15.1. The topological polar surface area (TPSA) is 40.1 Å². The van der Waals surface area contributed by atoms with Crippen LogP contribution in [-0.4, -0.2) is 75.8 Å². The maximum Gasteiger partial charge on any atom is 0.193 e. The Morgan fingerprint density at radius 1 is 1.41 bits per heavy atom. The molecule has 2 aliphatic rings. The van der Waals surface area contributed by atoms with Gasteiger partial charge in [-0.05, 0) is 31.7 Å². The summed E-state index contributed by atoms with van der Waals surface area (Å²) in [5.41, 5.74) is 0. The van der Waals surface area contributed by atoms with Crippen LogP contribution in [0.2, 0.25) is 0 Å². The Labute approximate surface area is 152 Å². The number of aliphatic imine (C=N–C) groups is 1. The van der Waals surface area contributed by atoms with E-state index < -0.39 is 0 Å². The van der Waals surface area contributed by atoms with E-state index in [9.17, 15) is 0 Å². The minimum atomic E-state index is 0. The number of likely N-dealkylation sites (tertiary alicyclic amines) is 1. The van der Waals surface area contributed by atoms with E-state index in [0.717, 1.165) is 44.7 Å². The number of rotatable bonds is 5. The summed E-state index contributed by atoms with van der Waals surface area (Å²) in [7, 11) is 3.99. The van der Waals surface area contributed by atoms with Gasteiger partial charge in [0.25, 0.3) is 0 Å². The average molecular weight is 424 g/mol. The highest BCUT2D eigenvalue weighted by Gasteiger charge is 2.19. The van der Waals surface area contributed by atoms with Crippen molar-refractivity contribution in [3.63, 3.8) is 0 Å². The number of halogens is 1. The lowest BCUT2D eigenvalue weighted by Crippen LogP contribution is -2.45. The van der Waals surface area contributed by atoms with Crippen LogP contribution in [0.15, 0.2) is 4.99 Å². The third-order valence-electron chi connectivity index (χ3n) is 4.58. The van der Waals surface area contributed by atoms with E-state index in [2.05, 4.69) is 34.1 Å². The molecule has 130 valence electrons. The summed E-state index contributed by atoms with van der Waals surface area (Å²) in [5.74, 6) is 2.51. The van der Waals surface area contributed by atoms with Crippen LogP contribution in [0.4, 0.5) is 0 Å². The van der Waals surface area contributed by atoms with E-state index in [-0.39, 0.29) is 24.0 Å². The molecular formula is C16H33IN4O. The first-order chi connectivity index (χ1) is 10.2. The second-order valence-corrected chi connectivity index (χ2v) is 6.63. The van der Waals surface area contributed by atoms with E-state index in [1.165, 1.54) is 32.4 Å². The molecule has 0 amide bonds. The molecule has 1 N–H and O–H groups in total. The van der Waals surface area contributed by atoms with Gasteiger partial charge in [-0.3, -0.25) is 4.99 Å². The predicted molar refractivity (Wildman–Crippen MR) is 103 cm³/mol. The van der Waals surface area contributed by atoms with Crippen molar-refractivity contribution in [3.8, 4) is 0 Å². The lowest BCUT2D eigenvalue weighted by Gasteiger charge is -2.31. The average Bonchev–Trinajstić information content (AvgIpc) is 2.96. The highest BCUT2D eigenvalue weighted by Crippen LogP contribution is 2.15. The number of hydrogen-bond donors (Lipinski definition) is 1. The molecule has 5 nitrogen and oxygen atoms in total. The van der Waals surface area contributed by atoms with E-state index >= 15 is 0 Å². The smallest absolute Gasteiger partial charge is 0.193 e. The van der Waals surface area contributed by atoms with Crippen LogP contribution in [0, 0.1) is 11.8 Å². The van der Waals surface area contributed by atoms with Crippen molar-refractivity contribution >= 4 is 29.9 Å². The zero-order valence-corrected chi connectivity index (χ0v) is 16.7. The summed E-state index contributed by atoms with van der Waals surface area (Å²) in [4.78, 5) is 9.20. The van der Waals surface area contributed by atoms with Gasteiger partial charge in [0.05, 0.1) is 6.61 Å². The van der Waals surface area contributed by atoms with Crippen molar-refractivity contribution in [2.24, 2.45) is 16.8 Å². The molecule has 0 radical (unpaired) electrons. The van der Waals surface area contributed by atoms with E-state index in [1.807, 2.05) is 7.05 Å². The third kappa shape index (κ3) is 6.58. The first-order valence-corrected chi connectivity index (χ1v) is 8.41. The molecule has 2 rings (SSSR count). The van der Waals surface area contributed by atoms with Crippen LogP contribution >= 0.6 is 24.0 Å². The van der Waals surface area contributed by atoms with Gasteiger partial charge in [0.2, 0.25) is 0 Å². The molecule has 2 fully saturated rings. The van der Waals surface area contributed by atoms with Crippen molar-refractivity contribution in [2.75, 3.05) is 60.0 Å². The van der Waals surface area contributed by atoms with E-state index in [1.54, 1.807) is 0 Å². The normalized spacial score (nSPS) is 26.6. The SMILES string of the molecule is CN=C(NCCN1CCCC(C)C1)N(C)CC1CCOC1.I. The van der Waals surface area contributed by atoms with Gasteiger partial charge in [0.1, 0.15) is 0 Å². The first kappa shape index (κ1) is 20.0. The van der Waals surface area contributed by atoms with Crippen molar-refractivity contribution in [1.29, 1.82) is 0 Å². The third-order valence-corrected chi connectivity index (χ3v) is 4.58. The molecule has 2 aliphatic heterocycles. The molecule has 2 unspecified atom stereocenters. The second-order valence-electron chi connectivity index (χ2n) is 6.63. The van der Waals surface area contributed by atoms with Gasteiger partial charge in [-0.2, -0.15) is 0 Å². The van der Waals surface area contributed by atoms with E-state index in [0.29, 0.717) is 5.92 Å². The summed E-state index contributed by atoms with van der Waals surface area (Å²) < 4.78 is 5.45. The van der Waals surface area contributed by atoms with Crippen molar-refractivity contribution in [1.82, 2.24) is 15.1 Å². The summed E-state index contributed by atoms with van der Waals surface area (Å²) in [5, 5.41) is 3.50. The molecule has 6 heteroatoms. The van der Waals surface area contributed by atoms with Crippen LogP contribution in [0.5, 0.6) is 0 Å². The largest absolute Gasteiger partial charge is 0.381 e. The Bertz CT molecular complexity index is 334. The number of nitrogens with zero attached hydrogens (tertiary/aromatic N) is 3. The van der Waals surface area contributed by atoms with Gasteiger partial charge < -0.3 is 19.9 Å². The highest BCUT2D eigenvalue weighted by molar-refractivity contribution is 14.0. The molecule has 2 atom stereocenters. The summed E-state index contributed by atoms with van der Waals surface area (Å²) >= 11 is 0. The monoisotopic (exact) mass is 424 g/mol. The Morgan fingerprint density at radius 3 is 2.86 bits per heavy atom. The fourth-order valence-corrected chi connectivity index (χ4v) is 3.40. The molecule has 22 heavy (non-hydrogen) atoms. The van der Waals surface area contributed by atoms with Gasteiger partial charge >= 0.3 is 0 Å². The molecule has 2 heterocycles. The Morgan fingerprint density at radius 2 is 2.23 bits per heavy atom. The lowest BCUT2D eigenvalue weighted by molar-refractivity contribution is 0.180. The zero-order valence-electron chi connectivity index (χ0n) is 14.4. The van der Waals surface area contributed by atoms with Crippen molar-refractivity contribution in [3.05, 3.63) is 0 Å². The molecule has 0 aromatic heterocycles. The molecule has 0 aromatic carbocycles. The van der Waals surface area contributed by atoms with Gasteiger partial charge in [-0.15, -0.1) is 24.0 Å². The van der Waals surface area contributed by atoms with Crippen molar-refractivity contribution < 1.29 is 4.74 Å². The molecular weight excluding hydrogens is 391 g/mol. The van der Waals surface area contributed by atoms with E-state index in [4.69, 9.17) is 4.74 Å². The van der Waals surface area contributed by atoms with Gasteiger partial charge in [-0.1, -0.05) is 6.92 Å². The number of guanidine groups is 1. The molecule has 2 saturated heterocycles. The maximum absolute atomic E-state index is 5.45. The maximum atomic E-state index is 5.45. The predicted octanol–water partition coefficient (Wildman–Crippen LogP) is 1.88. The Kier molecular flexibility index (Phi) is 9.66. The van der Waals surface area contributed by atoms with Crippen LogP contribution in [0.3, 0.4) is 0 Å². The first-order valence-electron chi connectivity index (χ1n) is 8.41. The second kappa shape index (κ2) is 10.6. The van der Waals surface area contributed by atoms with Crippen LogP contribution in [-0.2, 0) is 4.74 Å².